The maximum Gasteiger partial charge on any atom is 0.227 e. The number of nitrogens with zero attached hydrogens (tertiary/aromatic N) is 1. The van der Waals surface area contributed by atoms with Crippen LogP contribution in [-0.4, -0.2) is 36.5 Å². The van der Waals surface area contributed by atoms with Gasteiger partial charge < -0.3 is 10.2 Å². The van der Waals surface area contributed by atoms with Gasteiger partial charge in [0.1, 0.15) is 0 Å². The molecule has 0 aromatic heterocycles. The van der Waals surface area contributed by atoms with E-state index >= 15 is 0 Å². The summed E-state index contributed by atoms with van der Waals surface area (Å²) >= 11 is 0. The Hall–Kier alpha value is -0.570. The van der Waals surface area contributed by atoms with Crippen LogP contribution in [0.15, 0.2) is 0 Å². The van der Waals surface area contributed by atoms with Crippen LogP contribution in [0.2, 0.25) is 0 Å². The van der Waals surface area contributed by atoms with Crippen LogP contribution in [0.5, 0.6) is 0 Å². The van der Waals surface area contributed by atoms with Gasteiger partial charge in [-0.15, -0.1) is 0 Å². The molecule has 3 nitrogen and oxygen atoms in total. The zero-order valence-electron chi connectivity index (χ0n) is 9.83. The Bertz CT molecular complexity index is 242. The van der Waals surface area contributed by atoms with Crippen molar-refractivity contribution in [2.75, 3.05) is 19.6 Å². The monoisotopic (exact) mass is 210 g/mol. The lowest BCUT2D eigenvalue weighted by Gasteiger charge is -2.33. The van der Waals surface area contributed by atoms with Gasteiger partial charge in [-0.1, -0.05) is 6.92 Å². The van der Waals surface area contributed by atoms with Gasteiger partial charge in [-0.3, -0.25) is 4.79 Å². The van der Waals surface area contributed by atoms with Crippen molar-refractivity contribution < 1.29 is 4.79 Å². The average molecular weight is 210 g/mol. The fourth-order valence-corrected chi connectivity index (χ4v) is 2.82. The minimum Gasteiger partial charge on any atom is -0.342 e. The van der Waals surface area contributed by atoms with Crippen molar-refractivity contribution in [1.29, 1.82) is 0 Å². The second kappa shape index (κ2) is 4.52. The lowest BCUT2D eigenvalue weighted by molar-refractivity contribution is -0.137. The van der Waals surface area contributed by atoms with E-state index in [4.69, 9.17) is 0 Å². The zero-order valence-corrected chi connectivity index (χ0v) is 9.83. The maximum atomic E-state index is 12.2. The van der Waals surface area contributed by atoms with Crippen molar-refractivity contribution in [3.63, 3.8) is 0 Å². The average Bonchev–Trinajstić information content (AvgIpc) is 2.63. The Labute approximate surface area is 92.2 Å². The third kappa shape index (κ3) is 2.33. The number of carbonyl (C=O) groups excluding carboxylic acids is 1. The summed E-state index contributed by atoms with van der Waals surface area (Å²) in [5.74, 6) is 1.31. The summed E-state index contributed by atoms with van der Waals surface area (Å²) in [5, 5.41) is 3.35. The number of hydrogen-bond donors (Lipinski definition) is 1. The van der Waals surface area contributed by atoms with Crippen molar-refractivity contribution in [2.45, 2.75) is 39.2 Å². The highest BCUT2D eigenvalue weighted by Crippen LogP contribution is 2.22. The van der Waals surface area contributed by atoms with Crippen molar-refractivity contribution >= 4 is 5.91 Å². The normalized spacial score (nSPS) is 36.9. The van der Waals surface area contributed by atoms with E-state index < -0.39 is 0 Å². The summed E-state index contributed by atoms with van der Waals surface area (Å²) in [6, 6.07) is 0.370. The van der Waals surface area contributed by atoms with E-state index in [-0.39, 0.29) is 5.92 Å². The minimum absolute atomic E-state index is 0.232. The predicted octanol–water partition coefficient (Wildman–Crippen LogP) is 1.24. The first-order valence-corrected chi connectivity index (χ1v) is 6.20. The smallest absolute Gasteiger partial charge is 0.227 e. The summed E-state index contributed by atoms with van der Waals surface area (Å²) in [5.41, 5.74) is 0. The van der Waals surface area contributed by atoms with E-state index in [1.165, 1.54) is 12.8 Å². The molecule has 3 heteroatoms. The molecule has 0 aliphatic carbocycles. The Morgan fingerprint density at radius 2 is 2.13 bits per heavy atom. The quantitative estimate of drug-likeness (QED) is 0.706. The van der Waals surface area contributed by atoms with Gasteiger partial charge in [0.25, 0.3) is 0 Å². The van der Waals surface area contributed by atoms with Crippen LogP contribution < -0.4 is 5.32 Å². The number of carbonyl (C=O) groups is 1. The van der Waals surface area contributed by atoms with E-state index in [9.17, 15) is 4.79 Å². The zero-order chi connectivity index (χ0) is 10.8. The lowest BCUT2D eigenvalue weighted by Crippen LogP contribution is -2.44. The van der Waals surface area contributed by atoms with Gasteiger partial charge in [-0.2, -0.15) is 0 Å². The maximum absolute atomic E-state index is 12.2. The second-order valence-electron chi connectivity index (χ2n) is 5.17. The number of piperidine rings is 1. The van der Waals surface area contributed by atoms with Crippen LogP contribution >= 0.6 is 0 Å². The van der Waals surface area contributed by atoms with Gasteiger partial charge in [-0.25, -0.2) is 0 Å². The number of rotatable bonds is 1. The molecule has 0 saturated carbocycles. The molecule has 0 aromatic carbocycles. The molecule has 1 N–H and O–H groups in total. The van der Waals surface area contributed by atoms with Gasteiger partial charge >= 0.3 is 0 Å². The molecule has 2 saturated heterocycles. The highest BCUT2D eigenvalue weighted by atomic mass is 16.2. The number of hydrogen-bond acceptors (Lipinski definition) is 2. The molecule has 2 aliphatic heterocycles. The van der Waals surface area contributed by atoms with E-state index in [1.54, 1.807) is 0 Å². The molecule has 15 heavy (non-hydrogen) atoms. The molecule has 3 atom stereocenters. The molecule has 0 spiro atoms. The number of amides is 1. The fraction of sp³-hybridized carbons (Fsp3) is 0.917. The van der Waals surface area contributed by atoms with Crippen LogP contribution in [0.3, 0.4) is 0 Å². The summed E-state index contributed by atoms with van der Waals surface area (Å²) in [7, 11) is 0. The van der Waals surface area contributed by atoms with Crippen LogP contribution in [0.1, 0.15) is 33.1 Å². The van der Waals surface area contributed by atoms with E-state index in [2.05, 4.69) is 24.1 Å². The molecular formula is C12H22N2O. The largest absolute Gasteiger partial charge is 0.342 e. The molecule has 2 rings (SSSR count). The Balaban J connectivity index is 1.94. The highest BCUT2D eigenvalue weighted by Gasteiger charge is 2.33. The van der Waals surface area contributed by atoms with Gasteiger partial charge in [0.2, 0.25) is 5.91 Å². The van der Waals surface area contributed by atoms with Crippen LogP contribution in [-0.2, 0) is 4.79 Å². The molecule has 86 valence electrons. The Morgan fingerprint density at radius 1 is 1.33 bits per heavy atom. The molecule has 2 aliphatic rings. The molecule has 1 amide bonds. The van der Waals surface area contributed by atoms with Gasteiger partial charge in [0, 0.05) is 19.1 Å². The van der Waals surface area contributed by atoms with E-state index in [0.717, 1.165) is 26.1 Å². The first kappa shape index (κ1) is 10.9. The van der Waals surface area contributed by atoms with Crippen molar-refractivity contribution in [3.8, 4) is 0 Å². The van der Waals surface area contributed by atoms with Crippen LogP contribution in [0, 0.1) is 11.8 Å². The van der Waals surface area contributed by atoms with E-state index in [1.807, 2.05) is 0 Å². The summed E-state index contributed by atoms with van der Waals surface area (Å²) in [6.45, 7) is 7.33. The Morgan fingerprint density at radius 3 is 2.73 bits per heavy atom. The topological polar surface area (TPSA) is 32.3 Å². The third-order valence-electron chi connectivity index (χ3n) is 3.81. The molecule has 3 unspecified atom stereocenters. The van der Waals surface area contributed by atoms with E-state index in [0.29, 0.717) is 17.9 Å². The van der Waals surface area contributed by atoms with Gasteiger partial charge in [-0.05, 0) is 38.6 Å². The SMILES string of the molecule is CC1CCCN(C(=O)C2CCNC2C)C1. The summed E-state index contributed by atoms with van der Waals surface area (Å²) < 4.78 is 0. The first-order chi connectivity index (χ1) is 7.18. The molecule has 0 bridgehead atoms. The van der Waals surface area contributed by atoms with Gasteiger partial charge in [0.05, 0.1) is 5.92 Å². The molecule has 0 radical (unpaired) electrons. The van der Waals surface area contributed by atoms with Crippen LogP contribution in [0.25, 0.3) is 0 Å². The molecule has 0 aromatic rings. The number of nitrogens with one attached hydrogen (secondary N) is 1. The Kier molecular flexibility index (Phi) is 3.29. The number of likely N-dealkylation sites (tertiary alicyclic amines) is 1. The summed E-state index contributed by atoms with van der Waals surface area (Å²) in [6.07, 6.45) is 3.48. The molecule has 2 fully saturated rings. The van der Waals surface area contributed by atoms with Crippen molar-refractivity contribution in [1.82, 2.24) is 10.2 Å². The lowest BCUT2D eigenvalue weighted by atomic mass is 9.95. The fourth-order valence-electron chi connectivity index (χ4n) is 2.82. The molecular weight excluding hydrogens is 188 g/mol. The third-order valence-corrected chi connectivity index (χ3v) is 3.81. The van der Waals surface area contributed by atoms with Gasteiger partial charge in [0.15, 0.2) is 0 Å². The second-order valence-corrected chi connectivity index (χ2v) is 5.17. The van der Waals surface area contributed by atoms with Crippen molar-refractivity contribution in [2.24, 2.45) is 11.8 Å². The van der Waals surface area contributed by atoms with Crippen molar-refractivity contribution in [3.05, 3.63) is 0 Å². The first-order valence-electron chi connectivity index (χ1n) is 6.20. The standard InChI is InChI=1S/C12H22N2O/c1-9-4-3-7-14(8-9)12(15)11-5-6-13-10(11)2/h9-11,13H,3-8H2,1-2H3. The molecule has 2 heterocycles. The highest BCUT2D eigenvalue weighted by molar-refractivity contribution is 5.80. The minimum atomic E-state index is 0.232. The van der Waals surface area contributed by atoms with Crippen LogP contribution in [0.4, 0.5) is 0 Å². The predicted molar refractivity (Wildman–Crippen MR) is 60.5 cm³/mol. The summed E-state index contributed by atoms with van der Waals surface area (Å²) in [4.78, 5) is 14.3.